The molecule has 4 rings (SSSR count). The third-order valence-corrected chi connectivity index (χ3v) is 9.39. The molecule has 1 aromatic carbocycles. The average molecular weight is 841 g/mol. The summed E-state index contributed by atoms with van der Waals surface area (Å²) in [6.07, 6.45) is -16.3. The number of ether oxygens (including phenoxy) is 10. The molecule has 2 aliphatic rings. The Balaban J connectivity index is 1.78. The van der Waals surface area contributed by atoms with Gasteiger partial charge in [0.25, 0.3) is 5.56 Å². The summed E-state index contributed by atoms with van der Waals surface area (Å²) in [6.45, 7) is 5.64. The Morgan fingerprint density at radius 2 is 1.17 bits per heavy atom. The topological polar surface area (TPSA) is 263 Å². The second kappa shape index (κ2) is 20.3. The van der Waals surface area contributed by atoms with Crippen LogP contribution >= 0.6 is 11.5 Å². The second-order valence-corrected chi connectivity index (χ2v) is 14.2. The maximum atomic E-state index is 13.5. The summed E-state index contributed by atoms with van der Waals surface area (Å²) < 4.78 is 58.6. The first kappa shape index (κ1) is 45.3. The molecule has 2 saturated heterocycles. The Morgan fingerprint density at radius 3 is 1.72 bits per heavy atom. The van der Waals surface area contributed by atoms with Crippen LogP contribution in [0.4, 0.5) is 0 Å². The van der Waals surface area contributed by atoms with Crippen LogP contribution < -0.4 is 10.9 Å². The van der Waals surface area contributed by atoms with Gasteiger partial charge >= 0.3 is 41.8 Å². The summed E-state index contributed by atoms with van der Waals surface area (Å²) in [5.41, 5.74) is -0.444. The Hall–Kier alpha value is -5.45. The highest BCUT2D eigenvalue weighted by atomic mass is 32.1. The van der Waals surface area contributed by atoms with Crippen molar-refractivity contribution >= 4 is 69.3 Å². The largest absolute Gasteiger partial charge is 0.463 e. The quantitative estimate of drug-likeness (QED) is 0.197. The number of hydrogen-bond donors (Lipinski definition) is 1. The van der Waals surface area contributed by atoms with Crippen molar-refractivity contribution in [1.29, 1.82) is 0 Å². The van der Waals surface area contributed by atoms with Crippen LogP contribution in [0.15, 0.2) is 29.1 Å². The number of benzene rings is 1. The number of carbonyl (C=O) groups excluding carboxylic acids is 8. The van der Waals surface area contributed by atoms with Crippen LogP contribution in [0.1, 0.15) is 54.9 Å². The van der Waals surface area contributed by atoms with Crippen LogP contribution in [0.2, 0.25) is 0 Å². The number of nitrogens with zero attached hydrogens (tertiary/aromatic N) is 1. The SMILES string of the molecule is CC(=O)OCC1OC(OC2C(COC(C)=O)OC(NC(=O)Cn3sc4ccccc4c3=O)C(OC(C)=O)C2OC(C)=O)C(OC(C)=O)CC(OC(C)=O)C1OC(C)=O. The standard InChI is InChI=1S/C36H44N2O19S/c1-16(39)48-14-26-30(52-20(5)43)24(50-18(3)41)12-25(51-19(4)42)36(56-26)57-31-27(15-49-17(2)40)55-34(33(54-22(7)45)32(31)53-21(6)44)37-29(46)13-38-35(47)23-10-8-9-11-28(23)58-38/h8-11,24-27,30-34,36H,12-15H2,1-7H3,(H,37,46). The molecule has 318 valence electrons. The van der Waals surface area contributed by atoms with Gasteiger partial charge < -0.3 is 52.7 Å². The van der Waals surface area contributed by atoms with E-state index in [1.165, 1.54) is 3.96 Å². The van der Waals surface area contributed by atoms with Gasteiger partial charge in [-0.05, 0) is 12.1 Å². The lowest BCUT2D eigenvalue weighted by Crippen LogP contribution is -2.67. The van der Waals surface area contributed by atoms with Gasteiger partial charge in [-0.2, -0.15) is 0 Å². The summed E-state index contributed by atoms with van der Waals surface area (Å²) >= 11 is 1.02. The second-order valence-electron chi connectivity index (χ2n) is 13.1. The average Bonchev–Trinajstić information content (AvgIpc) is 3.35. The zero-order valence-electron chi connectivity index (χ0n) is 32.5. The zero-order valence-corrected chi connectivity index (χ0v) is 33.3. The van der Waals surface area contributed by atoms with Gasteiger partial charge in [-0.15, -0.1) is 0 Å². The fourth-order valence-electron chi connectivity index (χ4n) is 6.28. The number of amides is 1. The van der Waals surface area contributed by atoms with Crippen LogP contribution in [0.5, 0.6) is 0 Å². The fraction of sp³-hybridized carbons (Fsp3) is 0.583. The van der Waals surface area contributed by atoms with E-state index < -0.39 is 141 Å². The highest BCUT2D eigenvalue weighted by Gasteiger charge is 2.55. The van der Waals surface area contributed by atoms with E-state index in [9.17, 15) is 43.2 Å². The number of hydrogen-bond acceptors (Lipinski definition) is 20. The van der Waals surface area contributed by atoms with E-state index in [2.05, 4.69) is 5.32 Å². The highest BCUT2D eigenvalue weighted by Crippen LogP contribution is 2.34. The van der Waals surface area contributed by atoms with Gasteiger partial charge in [0.05, 0.1) is 10.1 Å². The maximum absolute atomic E-state index is 13.5. The van der Waals surface area contributed by atoms with Crippen molar-refractivity contribution in [2.24, 2.45) is 0 Å². The number of esters is 7. The van der Waals surface area contributed by atoms with Crippen molar-refractivity contribution in [2.75, 3.05) is 13.2 Å². The fourth-order valence-corrected chi connectivity index (χ4v) is 7.27. The van der Waals surface area contributed by atoms with Crippen LogP contribution in [0.3, 0.4) is 0 Å². The van der Waals surface area contributed by atoms with E-state index in [1.807, 2.05) is 0 Å². The highest BCUT2D eigenvalue weighted by molar-refractivity contribution is 7.13. The Bertz CT molecular complexity index is 1930. The van der Waals surface area contributed by atoms with Crippen LogP contribution in [0, 0.1) is 0 Å². The molecule has 2 aliphatic heterocycles. The van der Waals surface area contributed by atoms with E-state index >= 15 is 0 Å². The molecule has 10 unspecified atom stereocenters. The van der Waals surface area contributed by atoms with Crippen LogP contribution in [-0.2, 0) is 92.3 Å². The minimum Gasteiger partial charge on any atom is -0.463 e. The number of aromatic nitrogens is 1. The van der Waals surface area contributed by atoms with Crippen molar-refractivity contribution in [3.8, 4) is 0 Å². The smallest absolute Gasteiger partial charge is 0.303 e. The maximum Gasteiger partial charge on any atom is 0.303 e. The molecule has 1 amide bonds. The van der Waals surface area contributed by atoms with E-state index in [1.54, 1.807) is 24.3 Å². The Morgan fingerprint density at radius 1 is 0.655 bits per heavy atom. The molecule has 1 N–H and O–H groups in total. The summed E-state index contributed by atoms with van der Waals surface area (Å²) in [4.78, 5) is 113. The number of nitrogens with one attached hydrogen (secondary N) is 1. The van der Waals surface area contributed by atoms with Gasteiger partial charge in [-0.3, -0.25) is 47.1 Å². The van der Waals surface area contributed by atoms with Crippen molar-refractivity contribution in [2.45, 2.75) is 123 Å². The van der Waals surface area contributed by atoms with E-state index in [0.717, 1.165) is 60.0 Å². The van der Waals surface area contributed by atoms with Crippen molar-refractivity contribution < 1.29 is 85.7 Å². The molecular formula is C36H44N2O19S. The number of rotatable bonds is 14. The molecule has 58 heavy (non-hydrogen) atoms. The normalized spacial score (nSPS) is 26.9. The third-order valence-electron chi connectivity index (χ3n) is 8.32. The third kappa shape index (κ3) is 12.5. The molecular weight excluding hydrogens is 796 g/mol. The summed E-state index contributed by atoms with van der Waals surface area (Å²) in [5.74, 6) is -6.81. The summed E-state index contributed by atoms with van der Waals surface area (Å²) in [5, 5.41) is 2.92. The molecule has 1 aromatic heterocycles. The van der Waals surface area contributed by atoms with Crippen molar-refractivity contribution in [1.82, 2.24) is 9.27 Å². The molecule has 3 heterocycles. The van der Waals surface area contributed by atoms with Gasteiger partial charge in [0.1, 0.15) is 44.2 Å². The van der Waals surface area contributed by atoms with Crippen molar-refractivity contribution in [3.05, 3.63) is 34.6 Å². The van der Waals surface area contributed by atoms with E-state index in [0.29, 0.717) is 10.1 Å². The van der Waals surface area contributed by atoms with Gasteiger partial charge in [-0.25, -0.2) is 0 Å². The molecule has 0 spiro atoms. The van der Waals surface area contributed by atoms with Gasteiger partial charge in [0, 0.05) is 54.9 Å². The predicted molar refractivity (Wildman–Crippen MR) is 192 cm³/mol. The lowest BCUT2D eigenvalue weighted by atomic mass is 9.96. The molecule has 22 heteroatoms. The lowest BCUT2D eigenvalue weighted by molar-refractivity contribution is -0.312. The van der Waals surface area contributed by atoms with Gasteiger partial charge in [0.15, 0.2) is 36.9 Å². The Labute approximate surface area is 334 Å². The van der Waals surface area contributed by atoms with Crippen LogP contribution in [-0.4, -0.2) is 126 Å². The van der Waals surface area contributed by atoms with Crippen molar-refractivity contribution in [3.63, 3.8) is 0 Å². The monoisotopic (exact) mass is 840 g/mol. The lowest BCUT2D eigenvalue weighted by Gasteiger charge is -2.46. The summed E-state index contributed by atoms with van der Waals surface area (Å²) in [7, 11) is 0. The first-order valence-corrected chi connectivity index (χ1v) is 18.6. The predicted octanol–water partition coefficient (Wildman–Crippen LogP) is 0.189. The van der Waals surface area contributed by atoms with E-state index in [-0.39, 0.29) is 0 Å². The molecule has 2 aromatic rings. The molecule has 0 bridgehead atoms. The molecule has 0 saturated carbocycles. The minimum absolute atomic E-state index is 0.379. The van der Waals surface area contributed by atoms with E-state index in [4.69, 9.17) is 47.4 Å². The number of fused-ring (bicyclic) bond motifs is 1. The first-order valence-electron chi connectivity index (χ1n) is 17.8. The molecule has 0 aliphatic carbocycles. The first-order chi connectivity index (χ1) is 27.3. The molecule has 10 atom stereocenters. The number of carbonyl (C=O) groups is 8. The molecule has 21 nitrogen and oxygen atoms in total. The Kier molecular flexibility index (Phi) is 15.8. The van der Waals surface area contributed by atoms with Crippen LogP contribution in [0.25, 0.3) is 10.1 Å². The summed E-state index contributed by atoms with van der Waals surface area (Å²) in [6, 6.07) is 6.70. The molecule has 0 radical (unpaired) electrons. The van der Waals surface area contributed by atoms with Gasteiger partial charge in [-0.1, -0.05) is 23.7 Å². The van der Waals surface area contributed by atoms with Gasteiger partial charge in [0.2, 0.25) is 5.91 Å². The zero-order chi connectivity index (χ0) is 42.8. The molecule has 2 fully saturated rings. The minimum atomic E-state index is -1.79.